The largest absolute Gasteiger partial charge is 0.480 e. The summed E-state index contributed by atoms with van der Waals surface area (Å²) in [5.41, 5.74) is 7.06. The van der Waals surface area contributed by atoms with Crippen LogP contribution in [0.3, 0.4) is 0 Å². The molecule has 8 nitrogen and oxygen atoms in total. The fraction of sp³-hybridized carbons (Fsp3) is 0.778. The number of Topliss-reactive ketones (excluding diaryl/α,β-unsaturated/α-hetero) is 1. The number of carbonyl (C=O) groups excluding carboxylic acids is 1. The highest BCUT2D eigenvalue weighted by Gasteiger charge is 2.35. The minimum Gasteiger partial charge on any atom is -0.480 e. The molecule has 4 N–H and O–H groups in total. The lowest BCUT2D eigenvalue weighted by Crippen LogP contribution is -2.47. The number of hydrogen-bond acceptors (Lipinski definition) is 6. The van der Waals surface area contributed by atoms with Gasteiger partial charge in [-0.25, -0.2) is 0 Å². The third kappa shape index (κ3) is 4.88. The van der Waals surface area contributed by atoms with Crippen LogP contribution in [0.2, 0.25) is 0 Å². The van der Waals surface area contributed by atoms with Gasteiger partial charge in [0, 0.05) is 37.2 Å². The molecule has 26 heavy (non-hydrogen) atoms. The number of hydrogen-bond donors (Lipinski definition) is 3. The van der Waals surface area contributed by atoms with Gasteiger partial charge in [0.05, 0.1) is 5.69 Å². The predicted molar refractivity (Wildman–Crippen MR) is 95.5 cm³/mol. The second kappa shape index (κ2) is 8.73. The van der Waals surface area contributed by atoms with Crippen molar-refractivity contribution in [2.75, 3.05) is 0 Å². The molecule has 0 radical (unpaired) electrons. The molecule has 2 aliphatic rings. The Labute approximate surface area is 153 Å². The van der Waals surface area contributed by atoms with E-state index in [1.807, 2.05) is 6.20 Å². The third-order valence-electron chi connectivity index (χ3n) is 5.59. The van der Waals surface area contributed by atoms with Crippen molar-refractivity contribution in [3.8, 4) is 0 Å². The zero-order chi connectivity index (χ0) is 18.5. The second-order valence-electron chi connectivity index (χ2n) is 7.64. The second-order valence-corrected chi connectivity index (χ2v) is 7.64. The number of carbonyl (C=O) groups is 2. The number of rotatable bonds is 1. The number of nitrogens with one attached hydrogen (secondary N) is 1. The van der Waals surface area contributed by atoms with E-state index in [0.29, 0.717) is 19.3 Å². The highest BCUT2D eigenvalue weighted by Crippen LogP contribution is 2.29. The van der Waals surface area contributed by atoms with E-state index < -0.39 is 12.0 Å². The Bertz CT molecular complexity index is 632. The normalized spacial score (nSPS) is 31.5. The summed E-state index contributed by atoms with van der Waals surface area (Å²) < 4.78 is 1.80. The van der Waals surface area contributed by atoms with E-state index in [9.17, 15) is 14.7 Å². The molecule has 1 aliphatic heterocycles. The Morgan fingerprint density at radius 2 is 2.08 bits per heavy atom. The van der Waals surface area contributed by atoms with Gasteiger partial charge in [0.2, 0.25) is 0 Å². The summed E-state index contributed by atoms with van der Waals surface area (Å²) in [5.74, 6) is -0.798. The minimum absolute atomic E-state index is 0.0451. The van der Waals surface area contributed by atoms with Crippen LogP contribution in [-0.2, 0) is 22.6 Å². The number of fused-ring (bicyclic) bond motifs is 3. The summed E-state index contributed by atoms with van der Waals surface area (Å²) >= 11 is 0. The SMILES string of the molecule is NC1CCc2cn(nn2)CCCCC(C(=O)O)NC2CCCC2C(=O)C1. The molecule has 1 aromatic rings. The maximum Gasteiger partial charge on any atom is 0.320 e. The first-order valence-electron chi connectivity index (χ1n) is 9.69. The van der Waals surface area contributed by atoms with Crippen LogP contribution >= 0.6 is 0 Å². The van der Waals surface area contributed by atoms with Crippen LogP contribution in [0, 0.1) is 5.92 Å². The van der Waals surface area contributed by atoms with Gasteiger partial charge >= 0.3 is 5.97 Å². The Kier molecular flexibility index (Phi) is 6.37. The van der Waals surface area contributed by atoms with Crippen LogP contribution in [0.1, 0.15) is 57.1 Å². The average molecular weight is 363 g/mol. The van der Waals surface area contributed by atoms with Crippen LogP contribution in [0.15, 0.2) is 6.20 Å². The number of aliphatic carboxylic acids is 1. The molecule has 8 heteroatoms. The topological polar surface area (TPSA) is 123 Å². The Hall–Kier alpha value is -1.80. The number of nitrogens with zero attached hydrogens (tertiary/aromatic N) is 3. The standard InChI is InChI=1S/C18H29N5O3/c19-12-7-8-13-11-23(22-21-13)9-2-1-5-16(18(25)26)20-15-6-3-4-14(15)17(24)10-12/h11-12,14-16,20H,1-10,19H2,(H,25,26). The molecular formula is C18H29N5O3. The molecule has 4 unspecified atom stereocenters. The summed E-state index contributed by atoms with van der Waals surface area (Å²) in [6.45, 7) is 0.732. The Balaban J connectivity index is 1.72. The molecule has 4 atom stereocenters. The van der Waals surface area contributed by atoms with Gasteiger partial charge in [-0.15, -0.1) is 5.10 Å². The van der Waals surface area contributed by atoms with E-state index in [0.717, 1.165) is 50.8 Å². The van der Waals surface area contributed by atoms with Gasteiger partial charge in [0.15, 0.2) is 0 Å². The maximum atomic E-state index is 12.7. The zero-order valence-corrected chi connectivity index (χ0v) is 15.1. The molecule has 0 spiro atoms. The molecule has 0 aromatic carbocycles. The molecule has 1 aliphatic carbocycles. The van der Waals surface area contributed by atoms with E-state index in [4.69, 9.17) is 5.73 Å². The van der Waals surface area contributed by atoms with Crippen LogP contribution in [0.25, 0.3) is 0 Å². The van der Waals surface area contributed by atoms with Crippen molar-refractivity contribution < 1.29 is 14.7 Å². The van der Waals surface area contributed by atoms with Crippen LogP contribution in [-0.4, -0.2) is 50.0 Å². The lowest BCUT2D eigenvalue weighted by molar-refractivity contribution is -0.140. The Morgan fingerprint density at radius 3 is 2.88 bits per heavy atom. The summed E-state index contributed by atoms with van der Waals surface area (Å²) in [4.78, 5) is 24.3. The van der Waals surface area contributed by atoms with Crippen LogP contribution < -0.4 is 11.1 Å². The average Bonchev–Trinajstić information content (AvgIpc) is 3.24. The number of carboxylic acids is 1. The van der Waals surface area contributed by atoms with Crippen molar-refractivity contribution in [2.24, 2.45) is 11.7 Å². The number of carboxylic acid groups (broad SMARTS) is 1. The minimum atomic E-state index is -0.844. The van der Waals surface area contributed by atoms with E-state index in [1.165, 1.54) is 0 Å². The molecule has 0 saturated heterocycles. The molecule has 2 heterocycles. The number of aryl methyl sites for hydroxylation is 2. The Morgan fingerprint density at radius 1 is 1.23 bits per heavy atom. The highest BCUT2D eigenvalue weighted by atomic mass is 16.4. The zero-order valence-electron chi connectivity index (χ0n) is 15.1. The van der Waals surface area contributed by atoms with Crippen molar-refractivity contribution >= 4 is 11.8 Å². The molecule has 3 rings (SSSR count). The fourth-order valence-corrected chi connectivity index (χ4v) is 4.11. The number of nitrogens with two attached hydrogens (primary N) is 1. The number of ketones is 1. The van der Waals surface area contributed by atoms with Crippen molar-refractivity contribution in [3.05, 3.63) is 11.9 Å². The molecule has 144 valence electrons. The predicted octanol–water partition coefficient (Wildman–Crippen LogP) is 0.893. The summed E-state index contributed by atoms with van der Waals surface area (Å²) in [6, 6.07) is -0.852. The van der Waals surface area contributed by atoms with E-state index in [-0.39, 0.29) is 23.8 Å². The van der Waals surface area contributed by atoms with Crippen molar-refractivity contribution in [1.82, 2.24) is 20.3 Å². The summed E-state index contributed by atoms with van der Waals surface area (Å²) in [5, 5.41) is 21.1. The third-order valence-corrected chi connectivity index (χ3v) is 5.59. The molecule has 0 amide bonds. The lowest BCUT2D eigenvalue weighted by Gasteiger charge is -2.25. The molecule has 1 fully saturated rings. The van der Waals surface area contributed by atoms with Crippen LogP contribution in [0.4, 0.5) is 0 Å². The van der Waals surface area contributed by atoms with E-state index in [1.54, 1.807) is 4.68 Å². The van der Waals surface area contributed by atoms with Gasteiger partial charge in [-0.2, -0.15) is 0 Å². The molecule has 1 saturated carbocycles. The first-order chi connectivity index (χ1) is 12.5. The first-order valence-corrected chi connectivity index (χ1v) is 9.69. The molecule has 2 bridgehead atoms. The summed E-state index contributed by atoms with van der Waals surface area (Å²) in [6.07, 6.45) is 8.50. The smallest absolute Gasteiger partial charge is 0.320 e. The maximum absolute atomic E-state index is 12.7. The van der Waals surface area contributed by atoms with Gasteiger partial charge in [0.1, 0.15) is 11.8 Å². The van der Waals surface area contributed by atoms with Crippen molar-refractivity contribution in [3.63, 3.8) is 0 Å². The molecule has 1 aromatic heterocycles. The van der Waals surface area contributed by atoms with Crippen molar-refractivity contribution in [1.29, 1.82) is 0 Å². The van der Waals surface area contributed by atoms with Gasteiger partial charge < -0.3 is 16.2 Å². The lowest BCUT2D eigenvalue weighted by atomic mass is 9.91. The van der Waals surface area contributed by atoms with E-state index >= 15 is 0 Å². The van der Waals surface area contributed by atoms with Gasteiger partial charge in [-0.05, 0) is 44.9 Å². The molecular weight excluding hydrogens is 334 g/mol. The van der Waals surface area contributed by atoms with Crippen LogP contribution in [0.5, 0.6) is 0 Å². The van der Waals surface area contributed by atoms with Crippen molar-refractivity contribution in [2.45, 2.75) is 82.5 Å². The van der Waals surface area contributed by atoms with Gasteiger partial charge in [-0.1, -0.05) is 11.6 Å². The van der Waals surface area contributed by atoms with Gasteiger partial charge in [0.25, 0.3) is 0 Å². The van der Waals surface area contributed by atoms with E-state index in [2.05, 4.69) is 15.6 Å². The highest BCUT2D eigenvalue weighted by molar-refractivity contribution is 5.82. The fourth-order valence-electron chi connectivity index (χ4n) is 4.11. The monoisotopic (exact) mass is 363 g/mol. The quantitative estimate of drug-likeness (QED) is 0.677. The summed E-state index contributed by atoms with van der Waals surface area (Å²) in [7, 11) is 0. The number of aromatic nitrogens is 3. The van der Waals surface area contributed by atoms with Gasteiger partial charge in [-0.3, -0.25) is 14.3 Å². The first kappa shape index (κ1) is 19.0.